The Balaban J connectivity index is 0.000000149. The van der Waals surface area contributed by atoms with Gasteiger partial charge in [-0.1, -0.05) is 24.3 Å². The Kier molecular flexibility index (Phi) is 12.7. The highest BCUT2D eigenvalue weighted by Crippen LogP contribution is 2.38. The summed E-state index contributed by atoms with van der Waals surface area (Å²) in [5, 5.41) is 8.47. The summed E-state index contributed by atoms with van der Waals surface area (Å²) in [5.41, 5.74) is 7.53. The second-order valence-electron chi connectivity index (χ2n) is 19.3. The fourth-order valence-corrected chi connectivity index (χ4v) is 13.5. The van der Waals surface area contributed by atoms with Gasteiger partial charge in [-0.3, -0.25) is 13.2 Å². The van der Waals surface area contributed by atoms with Gasteiger partial charge in [0.05, 0.1) is 33.0 Å². The number of likely N-dealkylation sites (N-methyl/N-ethyl adjacent to an activating group) is 1. The molecule has 10 heterocycles. The molecule has 4 aromatic heterocycles. The van der Waals surface area contributed by atoms with Crippen molar-refractivity contribution in [2.24, 2.45) is 7.05 Å². The first-order valence-electron chi connectivity index (χ1n) is 24.5. The van der Waals surface area contributed by atoms with Crippen LogP contribution in [0.1, 0.15) is 91.6 Å². The van der Waals surface area contributed by atoms with Crippen molar-refractivity contribution in [1.82, 2.24) is 34.4 Å². The molecule has 2 N–H and O–H groups in total. The van der Waals surface area contributed by atoms with Crippen LogP contribution in [0.25, 0.3) is 22.0 Å². The van der Waals surface area contributed by atoms with E-state index < -0.39 is 21.6 Å². The summed E-state index contributed by atoms with van der Waals surface area (Å²) < 4.78 is 39.2. The standard InChI is InChI=1S/C25H30N6O3S.C25H31N5O2S/c1-15-3-5-18-20(13-15)34-24(27-18)16-7-10-31(11-8-16)25-28-19-9-12-35(33)22(19)23(29-25)26-17-4-6-21(32)30(2)14-17;1-29-16-20(19-4-2-3-5-22(19)29)17-6-11-30(12-7-17)25-27-21-10-15-33(31)23(21)24(28-25)26-18-8-13-32-14-9-18/h3,5,13,16-17H,4,6-12,14H2,1-2H3,(H,26,28,29);2-5,16-18H,6-15H2,1H3,(H,26,27,28)/t17-,35?;/m0./s1. The molecule has 68 heavy (non-hydrogen) atoms. The summed E-state index contributed by atoms with van der Waals surface area (Å²) in [6.45, 7) is 7.70. The van der Waals surface area contributed by atoms with E-state index in [0.717, 1.165) is 141 Å². The van der Waals surface area contributed by atoms with Crippen LogP contribution >= 0.6 is 0 Å². The summed E-state index contributed by atoms with van der Waals surface area (Å²) in [7, 11) is 1.86. The molecule has 4 saturated heterocycles. The van der Waals surface area contributed by atoms with Crippen LogP contribution in [-0.4, -0.2) is 125 Å². The Morgan fingerprint density at radius 2 is 1.31 bits per heavy atom. The lowest BCUT2D eigenvalue weighted by Gasteiger charge is -2.33. The fourth-order valence-electron chi connectivity index (χ4n) is 10.8. The van der Waals surface area contributed by atoms with Crippen molar-refractivity contribution in [2.75, 3.05) is 84.9 Å². The number of oxazole rings is 1. The first kappa shape index (κ1) is 45.0. The summed E-state index contributed by atoms with van der Waals surface area (Å²) in [6.07, 6.45) is 11.0. The summed E-state index contributed by atoms with van der Waals surface area (Å²) in [4.78, 5) is 44.0. The Labute approximate surface area is 402 Å². The number of ether oxygens (including phenoxy) is 1. The molecule has 4 fully saturated rings. The minimum Gasteiger partial charge on any atom is -0.440 e. The van der Waals surface area contributed by atoms with E-state index in [-0.39, 0.29) is 17.9 Å². The Hall–Kier alpha value is -5.46. The molecular formula is C50H61N11O5S2. The summed E-state index contributed by atoms with van der Waals surface area (Å²) in [5.74, 6) is 5.98. The third-order valence-corrected chi connectivity index (χ3v) is 17.6. The van der Waals surface area contributed by atoms with E-state index in [1.165, 1.54) is 22.0 Å². The van der Waals surface area contributed by atoms with Gasteiger partial charge in [-0.25, -0.2) is 15.0 Å². The second kappa shape index (κ2) is 19.1. The number of aromatic nitrogens is 6. The third kappa shape index (κ3) is 9.10. The molecular weight excluding hydrogens is 899 g/mol. The van der Waals surface area contributed by atoms with Crippen molar-refractivity contribution < 1.29 is 22.4 Å². The molecule has 18 heteroatoms. The van der Waals surface area contributed by atoms with Crippen molar-refractivity contribution in [3.05, 3.63) is 77.1 Å². The van der Waals surface area contributed by atoms with Crippen molar-refractivity contribution in [2.45, 2.75) is 105 Å². The predicted octanol–water partition coefficient (Wildman–Crippen LogP) is 6.61. The number of aryl methyl sites for hydroxylation is 4. The molecule has 358 valence electrons. The fraction of sp³-hybridized carbons (Fsp3) is 0.520. The molecule has 0 aliphatic carbocycles. The van der Waals surface area contributed by atoms with Gasteiger partial charge in [0, 0.05) is 126 Å². The lowest BCUT2D eigenvalue weighted by molar-refractivity contribution is -0.132. The van der Waals surface area contributed by atoms with Crippen LogP contribution in [0.2, 0.25) is 0 Å². The number of carbonyl (C=O) groups excluding carboxylic acids is 1. The predicted molar refractivity (Wildman–Crippen MR) is 266 cm³/mol. The van der Waals surface area contributed by atoms with E-state index in [0.29, 0.717) is 54.6 Å². The Morgan fingerprint density at radius 3 is 1.96 bits per heavy atom. The smallest absolute Gasteiger partial charge is 0.227 e. The number of hydrogen-bond donors (Lipinski definition) is 2. The maximum Gasteiger partial charge on any atom is 0.227 e. The van der Waals surface area contributed by atoms with Gasteiger partial charge < -0.3 is 39.1 Å². The molecule has 12 rings (SSSR count). The monoisotopic (exact) mass is 959 g/mol. The maximum absolute atomic E-state index is 12.7. The maximum atomic E-state index is 12.7. The number of fused-ring (bicyclic) bond motifs is 4. The second-order valence-corrected chi connectivity index (χ2v) is 22.4. The molecule has 3 atom stereocenters. The number of nitrogens with zero attached hydrogens (tertiary/aromatic N) is 9. The molecule has 6 aliphatic rings. The number of hydrogen-bond acceptors (Lipinski definition) is 14. The number of para-hydroxylation sites is 1. The summed E-state index contributed by atoms with van der Waals surface area (Å²) in [6, 6.07) is 15.2. The lowest BCUT2D eigenvalue weighted by Crippen LogP contribution is -2.43. The first-order chi connectivity index (χ1) is 33.1. The van der Waals surface area contributed by atoms with Crippen LogP contribution in [0.15, 0.2) is 62.9 Å². The van der Waals surface area contributed by atoms with Crippen LogP contribution in [0.3, 0.4) is 0 Å². The third-order valence-electron chi connectivity index (χ3n) is 14.7. The van der Waals surface area contributed by atoms with Gasteiger partial charge in [0.25, 0.3) is 0 Å². The van der Waals surface area contributed by atoms with E-state index >= 15 is 0 Å². The number of anilines is 4. The zero-order valence-corrected chi connectivity index (χ0v) is 40.9. The average molecular weight is 960 g/mol. The van der Waals surface area contributed by atoms with Gasteiger partial charge in [-0.05, 0) is 87.1 Å². The van der Waals surface area contributed by atoms with E-state index in [9.17, 15) is 13.2 Å². The molecule has 6 aliphatic heterocycles. The number of likely N-dealkylation sites (tertiary alicyclic amines) is 1. The highest BCUT2D eigenvalue weighted by atomic mass is 32.2. The van der Waals surface area contributed by atoms with Gasteiger partial charge in [-0.2, -0.15) is 9.97 Å². The average Bonchev–Trinajstić information content (AvgIpc) is 4.15. The number of carbonyl (C=O) groups is 1. The van der Waals surface area contributed by atoms with Gasteiger partial charge in [-0.15, -0.1) is 0 Å². The number of rotatable bonds is 8. The zero-order valence-electron chi connectivity index (χ0n) is 39.2. The molecule has 16 nitrogen and oxygen atoms in total. The van der Waals surface area contributed by atoms with Crippen molar-refractivity contribution in [3.8, 4) is 0 Å². The minimum absolute atomic E-state index is 0.0932. The number of piperidine rings is 3. The van der Waals surface area contributed by atoms with Crippen LogP contribution in [0.5, 0.6) is 0 Å². The minimum atomic E-state index is -1.09. The normalized spacial score (nSPS) is 22.7. The van der Waals surface area contributed by atoms with Crippen molar-refractivity contribution in [3.63, 3.8) is 0 Å². The number of amides is 1. The molecule has 0 bridgehead atoms. The topological polar surface area (TPSA) is 177 Å². The SMILES string of the molecule is Cc1ccc2nc(C3CCN(c4nc5c(c(N[C@H]6CCC(=O)N(C)C6)n4)S(=O)CC5)CC3)oc2c1.Cn1cc(C2CCN(c3nc4c(c(NC5CCOCC5)n3)S(=O)CC4)CC2)c2ccccc21. The molecule has 0 radical (unpaired) electrons. The van der Waals surface area contributed by atoms with Crippen molar-refractivity contribution in [1.29, 1.82) is 0 Å². The van der Waals surface area contributed by atoms with Crippen LogP contribution in [-0.2, 0) is 51.0 Å². The molecule has 2 aromatic carbocycles. The van der Waals surface area contributed by atoms with Gasteiger partial charge in [0.1, 0.15) is 26.9 Å². The van der Waals surface area contributed by atoms with E-state index in [1.54, 1.807) is 4.90 Å². The van der Waals surface area contributed by atoms with Crippen molar-refractivity contribution >= 4 is 73.0 Å². The highest BCUT2D eigenvalue weighted by molar-refractivity contribution is 7.85. The lowest BCUT2D eigenvalue weighted by atomic mass is 9.89. The number of benzene rings is 2. The number of nitrogens with one attached hydrogen (secondary N) is 2. The van der Waals surface area contributed by atoms with Crippen LogP contribution in [0.4, 0.5) is 23.5 Å². The largest absolute Gasteiger partial charge is 0.440 e. The molecule has 2 unspecified atom stereocenters. The van der Waals surface area contributed by atoms with Gasteiger partial charge in [0.15, 0.2) is 11.5 Å². The molecule has 0 spiro atoms. The van der Waals surface area contributed by atoms with E-state index in [1.807, 2.05) is 19.2 Å². The quantitative estimate of drug-likeness (QED) is 0.167. The van der Waals surface area contributed by atoms with E-state index in [2.05, 4.69) is 75.5 Å². The zero-order chi connectivity index (χ0) is 46.5. The van der Waals surface area contributed by atoms with Gasteiger partial charge in [0.2, 0.25) is 17.8 Å². The van der Waals surface area contributed by atoms with Gasteiger partial charge >= 0.3 is 0 Å². The van der Waals surface area contributed by atoms with Crippen LogP contribution < -0.4 is 20.4 Å². The molecule has 0 saturated carbocycles. The van der Waals surface area contributed by atoms with E-state index in [4.69, 9.17) is 34.1 Å². The van der Waals surface area contributed by atoms with Crippen LogP contribution in [0, 0.1) is 6.92 Å². The molecule has 6 aromatic rings. The Morgan fingerprint density at radius 1 is 0.691 bits per heavy atom. The highest BCUT2D eigenvalue weighted by Gasteiger charge is 2.34. The molecule has 1 amide bonds. The first-order valence-corrected chi connectivity index (χ1v) is 27.1. The summed E-state index contributed by atoms with van der Waals surface area (Å²) >= 11 is 0. The Bertz CT molecular complexity index is 2900.